The third-order valence-electron chi connectivity index (χ3n) is 2.73. The second-order valence-electron chi connectivity index (χ2n) is 4.59. The number of nitrogens with one attached hydrogen (secondary N) is 1. The maximum absolute atomic E-state index is 11.3. The smallest absolute Gasteiger partial charge is 0.337 e. The lowest BCUT2D eigenvalue weighted by molar-refractivity contribution is 0.0600. The van der Waals surface area contributed by atoms with Crippen LogP contribution in [0.4, 0.5) is 5.69 Å². The van der Waals surface area contributed by atoms with Crippen LogP contribution >= 0.6 is 0 Å². The number of rotatable bonds is 4. The molecule has 0 saturated carbocycles. The first-order valence-corrected chi connectivity index (χ1v) is 5.52. The topological polar surface area (TPSA) is 58.6 Å². The van der Waals surface area contributed by atoms with E-state index in [4.69, 9.17) is 0 Å². The van der Waals surface area contributed by atoms with Gasteiger partial charge < -0.3 is 15.2 Å². The Hall–Kier alpha value is -1.55. The number of ether oxygens (including phenoxy) is 1. The molecule has 0 fully saturated rings. The average Bonchev–Trinajstić information content (AvgIpc) is 2.27. The first kappa shape index (κ1) is 13.5. The van der Waals surface area contributed by atoms with Gasteiger partial charge in [0.15, 0.2) is 0 Å². The molecule has 0 aliphatic rings. The zero-order chi connectivity index (χ0) is 13.1. The van der Waals surface area contributed by atoms with Crippen LogP contribution in [0.3, 0.4) is 0 Å². The molecule has 4 heteroatoms. The normalized spacial score (nSPS) is 13.0. The highest BCUT2D eigenvalue weighted by molar-refractivity contribution is 5.90. The molecule has 0 aliphatic carbocycles. The maximum atomic E-state index is 11.3. The Bertz CT molecular complexity index is 396. The van der Waals surface area contributed by atoms with Gasteiger partial charge in [-0.15, -0.1) is 0 Å². The molecule has 4 nitrogen and oxygen atoms in total. The maximum Gasteiger partial charge on any atom is 0.337 e. The van der Waals surface area contributed by atoms with E-state index in [1.165, 1.54) is 7.11 Å². The van der Waals surface area contributed by atoms with E-state index in [0.29, 0.717) is 5.56 Å². The van der Waals surface area contributed by atoms with Crippen LogP contribution < -0.4 is 5.32 Å². The van der Waals surface area contributed by atoms with Crippen LogP contribution in [0.5, 0.6) is 0 Å². The molecular formula is C13H19NO3. The number of esters is 1. The summed E-state index contributed by atoms with van der Waals surface area (Å²) in [5.74, 6) is -0.371. The van der Waals surface area contributed by atoms with Crippen molar-refractivity contribution in [3.05, 3.63) is 29.8 Å². The summed E-state index contributed by atoms with van der Waals surface area (Å²) in [6.45, 7) is 5.34. The molecule has 0 bridgehead atoms. The zero-order valence-corrected chi connectivity index (χ0v) is 10.7. The molecule has 0 saturated heterocycles. The molecule has 1 aromatic carbocycles. The van der Waals surface area contributed by atoms with Crippen molar-refractivity contribution in [2.75, 3.05) is 12.4 Å². The highest BCUT2D eigenvalue weighted by Crippen LogP contribution is 2.17. The highest BCUT2D eigenvalue weighted by Gasteiger charge is 2.22. The van der Waals surface area contributed by atoms with Gasteiger partial charge in [-0.3, -0.25) is 0 Å². The summed E-state index contributed by atoms with van der Waals surface area (Å²) in [4.78, 5) is 11.3. The van der Waals surface area contributed by atoms with E-state index in [2.05, 4.69) is 10.1 Å². The summed E-state index contributed by atoms with van der Waals surface area (Å²) in [6.07, 6.45) is 0. The summed E-state index contributed by atoms with van der Waals surface area (Å²) in [7, 11) is 1.35. The third-order valence-corrected chi connectivity index (χ3v) is 2.73. The Morgan fingerprint density at radius 3 is 2.65 bits per heavy atom. The van der Waals surface area contributed by atoms with Crippen LogP contribution in [0.25, 0.3) is 0 Å². The van der Waals surface area contributed by atoms with E-state index in [1.54, 1.807) is 32.0 Å². The standard InChI is InChI=1S/C13H19NO3/c1-9(13(2,3)16)14-11-7-5-6-10(8-11)12(15)17-4/h5-9,14,16H,1-4H3. The summed E-state index contributed by atoms with van der Waals surface area (Å²) < 4.78 is 4.65. The van der Waals surface area contributed by atoms with Crippen LogP contribution in [-0.4, -0.2) is 29.8 Å². The number of methoxy groups -OCH3 is 1. The van der Waals surface area contributed by atoms with Crippen molar-refractivity contribution in [3.8, 4) is 0 Å². The molecule has 0 amide bonds. The van der Waals surface area contributed by atoms with E-state index < -0.39 is 5.60 Å². The van der Waals surface area contributed by atoms with Crippen LogP contribution in [-0.2, 0) is 4.74 Å². The minimum absolute atomic E-state index is 0.129. The number of anilines is 1. The van der Waals surface area contributed by atoms with Crippen molar-refractivity contribution in [3.63, 3.8) is 0 Å². The Morgan fingerprint density at radius 1 is 1.47 bits per heavy atom. The fourth-order valence-corrected chi connectivity index (χ4v) is 1.28. The third kappa shape index (κ3) is 3.75. The first-order valence-electron chi connectivity index (χ1n) is 5.52. The number of benzene rings is 1. The minimum Gasteiger partial charge on any atom is -0.465 e. The Morgan fingerprint density at radius 2 is 2.12 bits per heavy atom. The van der Waals surface area contributed by atoms with E-state index in [0.717, 1.165) is 5.69 Å². The van der Waals surface area contributed by atoms with Gasteiger partial charge in [-0.1, -0.05) is 6.07 Å². The van der Waals surface area contributed by atoms with Crippen molar-refractivity contribution >= 4 is 11.7 Å². The molecule has 0 aromatic heterocycles. The van der Waals surface area contributed by atoms with E-state index in [9.17, 15) is 9.90 Å². The second kappa shape index (κ2) is 5.19. The van der Waals surface area contributed by atoms with Crippen molar-refractivity contribution < 1.29 is 14.6 Å². The number of hydrogen-bond donors (Lipinski definition) is 2. The van der Waals surface area contributed by atoms with Gasteiger partial charge in [0, 0.05) is 5.69 Å². The summed E-state index contributed by atoms with van der Waals surface area (Å²) in [5.41, 5.74) is 0.435. The molecule has 0 aliphatic heterocycles. The van der Waals surface area contributed by atoms with Crippen LogP contribution in [0.15, 0.2) is 24.3 Å². The quantitative estimate of drug-likeness (QED) is 0.787. The fraction of sp³-hybridized carbons (Fsp3) is 0.462. The SMILES string of the molecule is COC(=O)c1cccc(NC(C)C(C)(C)O)c1. The van der Waals surface area contributed by atoms with Crippen molar-refractivity contribution in [2.24, 2.45) is 0 Å². The number of carbonyl (C=O) groups is 1. The molecule has 1 atom stereocenters. The lowest BCUT2D eigenvalue weighted by atomic mass is 10.0. The summed E-state index contributed by atoms with van der Waals surface area (Å²) >= 11 is 0. The number of carbonyl (C=O) groups excluding carboxylic acids is 1. The van der Waals surface area contributed by atoms with Crippen LogP contribution in [0, 0.1) is 0 Å². The molecule has 17 heavy (non-hydrogen) atoms. The summed E-state index contributed by atoms with van der Waals surface area (Å²) in [5, 5.41) is 13.0. The predicted octanol–water partition coefficient (Wildman–Crippen LogP) is 2.04. The van der Waals surface area contributed by atoms with Gasteiger partial charge in [-0.05, 0) is 39.0 Å². The van der Waals surface area contributed by atoms with Gasteiger partial charge in [0.1, 0.15) is 0 Å². The number of aliphatic hydroxyl groups is 1. The van der Waals surface area contributed by atoms with Gasteiger partial charge in [-0.2, -0.15) is 0 Å². The lowest BCUT2D eigenvalue weighted by Gasteiger charge is -2.27. The lowest BCUT2D eigenvalue weighted by Crippen LogP contribution is -2.39. The van der Waals surface area contributed by atoms with Gasteiger partial charge >= 0.3 is 5.97 Å². The highest BCUT2D eigenvalue weighted by atomic mass is 16.5. The van der Waals surface area contributed by atoms with E-state index >= 15 is 0 Å². The number of hydrogen-bond acceptors (Lipinski definition) is 4. The van der Waals surface area contributed by atoms with Gasteiger partial charge in [0.25, 0.3) is 0 Å². The molecular weight excluding hydrogens is 218 g/mol. The minimum atomic E-state index is -0.832. The molecule has 2 N–H and O–H groups in total. The molecule has 1 rings (SSSR count). The largest absolute Gasteiger partial charge is 0.465 e. The van der Waals surface area contributed by atoms with Crippen molar-refractivity contribution in [2.45, 2.75) is 32.4 Å². The second-order valence-corrected chi connectivity index (χ2v) is 4.59. The Balaban J connectivity index is 2.83. The first-order chi connectivity index (χ1) is 7.84. The van der Waals surface area contributed by atoms with Gasteiger partial charge in [-0.25, -0.2) is 4.79 Å². The molecule has 0 heterocycles. The molecule has 0 spiro atoms. The zero-order valence-electron chi connectivity index (χ0n) is 10.7. The predicted molar refractivity (Wildman–Crippen MR) is 67.2 cm³/mol. The summed E-state index contributed by atoms with van der Waals surface area (Å²) in [6, 6.07) is 6.87. The molecule has 94 valence electrons. The molecule has 1 aromatic rings. The van der Waals surface area contributed by atoms with Gasteiger partial charge in [0.2, 0.25) is 0 Å². The average molecular weight is 237 g/mol. The van der Waals surface area contributed by atoms with Gasteiger partial charge in [0.05, 0.1) is 24.3 Å². The monoisotopic (exact) mass is 237 g/mol. The van der Waals surface area contributed by atoms with E-state index in [-0.39, 0.29) is 12.0 Å². The van der Waals surface area contributed by atoms with Crippen molar-refractivity contribution in [1.29, 1.82) is 0 Å². The van der Waals surface area contributed by atoms with E-state index in [1.807, 2.05) is 13.0 Å². The van der Waals surface area contributed by atoms with Crippen LogP contribution in [0.1, 0.15) is 31.1 Å². The Labute approximate surface area is 102 Å². The molecule has 0 radical (unpaired) electrons. The van der Waals surface area contributed by atoms with Crippen LogP contribution in [0.2, 0.25) is 0 Å². The Kier molecular flexibility index (Phi) is 4.12. The van der Waals surface area contributed by atoms with Crippen molar-refractivity contribution in [1.82, 2.24) is 0 Å². The molecule has 1 unspecified atom stereocenters. The fourth-order valence-electron chi connectivity index (χ4n) is 1.28.